The Kier molecular flexibility index (Phi) is 5.43. The van der Waals surface area contributed by atoms with Crippen molar-refractivity contribution in [2.45, 2.75) is 46.0 Å². The molecule has 0 saturated heterocycles. The highest BCUT2D eigenvalue weighted by Crippen LogP contribution is 2.30. The van der Waals surface area contributed by atoms with Gasteiger partial charge in [0, 0.05) is 19.3 Å². The molecule has 1 aromatic heterocycles. The minimum atomic E-state index is 0.707. The Labute approximate surface area is 116 Å². The van der Waals surface area contributed by atoms with Crippen molar-refractivity contribution < 1.29 is 0 Å². The Bertz CT molecular complexity index is 372. The highest BCUT2D eigenvalue weighted by Gasteiger charge is 2.17. The lowest BCUT2D eigenvalue weighted by Crippen LogP contribution is -2.16. The number of hydrogen-bond acceptors (Lipinski definition) is 4. The van der Waals surface area contributed by atoms with Gasteiger partial charge in [-0.2, -0.15) is 4.98 Å². The molecule has 0 aromatic carbocycles. The predicted octanol–water partition coefficient (Wildman–Crippen LogP) is 3.54. The van der Waals surface area contributed by atoms with E-state index in [2.05, 4.69) is 27.5 Å². The molecular formula is C15H26N4. The SMILES string of the molecule is CCNc1nccc(NCCC2CCC(C)CC2)n1. The van der Waals surface area contributed by atoms with Crippen LogP contribution in [0.4, 0.5) is 11.8 Å². The van der Waals surface area contributed by atoms with Gasteiger partial charge in [0.25, 0.3) is 0 Å². The fraction of sp³-hybridized carbons (Fsp3) is 0.733. The van der Waals surface area contributed by atoms with Crippen LogP contribution in [0.5, 0.6) is 0 Å². The first kappa shape index (κ1) is 14.1. The van der Waals surface area contributed by atoms with Crippen molar-refractivity contribution in [1.82, 2.24) is 9.97 Å². The summed E-state index contributed by atoms with van der Waals surface area (Å²) in [5, 5.41) is 6.54. The quantitative estimate of drug-likeness (QED) is 0.823. The third kappa shape index (κ3) is 4.69. The normalized spacial score (nSPS) is 23.1. The summed E-state index contributed by atoms with van der Waals surface area (Å²) in [4.78, 5) is 8.60. The second kappa shape index (κ2) is 7.31. The van der Waals surface area contributed by atoms with E-state index in [-0.39, 0.29) is 0 Å². The summed E-state index contributed by atoms with van der Waals surface area (Å²) in [5.74, 6) is 3.47. The summed E-state index contributed by atoms with van der Waals surface area (Å²) >= 11 is 0. The molecule has 1 heterocycles. The molecule has 4 heteroatoms. The topological polar surface area (TPSA) is 49.8 Å². The van der Waals surface area contributed by atoms with Gasteiger partial charge in [-0.15, -0.1) is 0 Å². The van der Waals surface area contributed by atoms with Gasteiger partial charge >= 0.3 is 0 Å². The second-order valence-electron chi connectivity index (χ2n) is 5.64. The highest BCUT2D eigenvalue weighted by atomic mass is 15.1. The van der Waals surface area contributed by atoms with Crippen molar-refractivity contribution in [2.24, 2.45) is 11.8 Å². The largest absolute Gasteiger partial charge is 0.370 e. The van der Waals surface area contributed by atoms with Crippen molar-refractivity contribution in [3.63, 3.8) is 0 Å². The van der Waals surface area contributed by atoms with Gasteiger partial charge in [0.1, 0.15) is 5.82 Å². The van der Waals surface area contributed by atoms with Gasteiger partial charge in [0.15, 0.2) is 0 Å². The number of rotatable bonds is 6. The third-order valence-electron chi connectivity index (χ3n) is 3.98. The summed E-state index contributed by atoms with van der Waals surface area (Å²) in [5.41, 5.74) is 0. The molecular weight excluding hydrogens is 236 g/mol. The Morgan fingerprint density at radius 3 is 2.74 bits per heavy atom. The van der Waals surface area contributed by atoms with E-state index < -0.39 is 0 Å². The van der Waals surface area contributed by atoms with Crippen LogP contribution in [0.3, 0.4) is 0 Å². The van der Waals surface area contributed by atoms with Gasteiger partial charge in [0.05, 0.1) is 0 Å². The Morgan fingerprint density at radius 2 is 2.00 bits per heavy atom. The van der Waals surface area contributed by atoms with E-state index in [9.17, 15) is 0 Å². The van der Waals surface area contributed by atoms with Gasteiger partial charge in [-0.3, -0.25) is 0 Å². The van der Waals surface area contributed by atoms with Crippen LogP contribution in [0, 0.1) is 11.8 Å². The summed E-state index contributed by atoms with van der Waals surface area (Å²) in [7, 11) is 0. The van der Waals surface area contributed by atoms with E-state index >= 15 is 0 Å². The van der Waals surface area contributed by atoms with Crippen LogP contribution in [-0.4, -0.2) is 23.1 Å². The second-order valence-corrected chi connectivity index (χ2v) is 5.64. The van der Waals surface area contributed by atoms with E-state index in [1.807, 2.05) is 13.0 Å². The molecule has 2 rings (SSSR count). The van der Waals surface area contributed by atoms with Crippen molar-refractivity contribution in [3.8, 4) is 0 Å². The van der Waals surface area contributed by atoms with E-state index in [1.165, 1.54) is 32.1 Å². The van der Waals surface area contributed by atoms with Crippen molar-refractivity contribution in [2.75, 3.05) is 23.7 Å². The molecule has 0 unspecified atom stereocenters. The zero-order chi connectivity index (χ0) is 13.5. The van der Waals surface area contributed by atoms with Crippen molar-refractivity contribution in [1.29, 1.82) is 0 Å². The number of nitrogens with one attached hydrogen (secondary N) is 2. The number of aromatic nitrogens is 2. The molecule has 1 aromatic rings. The molecule has 0 spiro atoms. The molecule has 1 aliphatic carbocycles. The van der Waals surface area contributed by atoms with E-state index in [0.717, 1.165) is 30.7 Å². The van der Waals surface area contributed by atoms with Crippen LogP contribution in [0.25, 0.3) is 0 Å². The Morgan fingerprint density at radius 1 is 1.21 bits per heavy atom. The molecule has 1 fully saturated rings. The average molecular weight is 262 g/mol. The van der Waals surface area contributed by atoms with Crippen LogP contribution in [0.15, 0.2) is 12.3 Å². The number of anilines is 2. The van der Waals surface area contributed by atoms with E-state index in [0.29, 0.717) is 5.95 Å². The molecule has 0 radical (unpaired) electrons. The maximum absolute atomic E-state index is 4.42. The Hall–Kier alpha value is -1.32. The summed E-state index contributed by atoms with van der Waals surface area (Å²) < 4.78 is 0. The van der Waals surface area contributed by atoms with Crippen LogP contribution in [-0.2, 0) is 0 Å². The smallest absolute Gasteiger partial charge is 0.224 e. The lowest BCUT2D eigenvalue weighted by molar-refractivity contribution is 0.282. The van der Waals surface area contributed by atoms with Gasteiger partial charge in [-0.25, -0.2) is 4.98 Å². The maximum atomic E-state index is 4.42. The van der Waals surface area contributed by atoms with Crippen LogP contribution in [0.2, 0.25) is 0 Å². The lowest BCUT2D eigenvalue weighted by atomic mass is 9.81. The monoisotopic (exact) mass is 262 g/mol. The van der Waals surface area contributed by atoms with Gasteiger partial charge in [-0.1, -0.05) is 32.6 Å². The number of nitrogens with zero attached hydrogens (tertiary/aromatic N) is 2. The highest BCUT2D eigenvalue weighted by molar-refractivity contribution is 5.39. The zero-order valence-corrected chi connectivity index (χ0v) is 12.2. The lowest BCUT2D eigenvalue weighted by Gasteiger charge is -2.26. The van der Waals surface area contributed by atoms with E-state index in [4.69, 9.17) is 0 Å². The molecule has 2 N–H and O–H groups in total. The zero-order valence-electron chi connectivity index (χ0n) is 12.2. The molecule has 1 saturated carbocycles. The summed E-state index contributed by atoms with van der Waals surface area (Å²) in [6, 6.07) is 1.93. The molecule has 0 bridgehead atoms. The van der Waals surface area contributed by atoms with Crippen LogP contribution < -0.4 is 10.6 Å². The molecule has 0 atom stereocenters. The molecule has 1 aliphatic rings. The summed E-state index contributed by atoms with van der Waals surface area (Å²) in [6.07, 6.45) is 8.67. The molecule has 19 heavy (non-hydrogen) atoms. The first-order chi connectivity index (χ1) is 9.28. The predicted molar refractivity (Wildman–Crippen MR) is 80.4 cm³/mol. The third-order valence-corrected chi connectivity index (χ3v) is 3.98. The minimum absolute atomic E-state index is 0.707. The Balaban J connectivity index is 1.71. The summed E-state index contributed by atoms with van der Waals surface area (Å²) in [6.45, 7) is 6.29. The van der Waals surface area contributed by atoms with Gasteiger partial charge < -0.3 is 10.6 Å². The maximum Gasteiger partial charge on any atom is 0.224 e. The van der Waals surface area contributed by atoms with Gasteiger partial charge in [-0.05, 0) is 31.2 Å². The minimum Gasteiger partial charge on any atom is -0.370 e. The van der Waals surface area contributed by atoms with Crippen LogP contribution in [0.1, 0.15) is 46.0 Å². The van der Waals surface area contributed by atoms with Crippen LogP contribution >= 0.6 is 0 Å². The van der Waals surface area contributed by atoms with Gasteiger partial charge in [0.2, 0.25) is 5.95 Å². The number of hydrogen-bond donors (Lipinski definition) is 2. The molecule has 4 nitrogen and oxygen atoms in total. The molecule has 0 aliphatic heterocycles. The van der Waals surface area contributed by atoms with E-state index in [1.54, 1.807) is 6.20 Å². The molecule has 106 valence electrons. The van der Waals surface area contributed by atoms with Crippen molar-refractivity contribution >= 4 is 11.8 Å². The first-order valence-corrected chi connectivity index (χ1v) is 7.58. The fourth-order valence-electron chi connectivity index (χ4n) is 2.72. The van der Waals surface area contributed by atoms with Crippen molar-refractivity contribution in [3.05, 3.63) is 12.3 Å². The first-order valence-electron chi connectivity index (χ1n) is 7.58. The molecule has 0 amide bonds. The average Bonchev–Trinajstić information content (AvgIpc) is 2.42. The fourth-order valence-corrected chi connectivity index (χ4v) is 2.72. The standard InChI is InChI=1S/C15H26N4/c1-3-16-15-18-11-9-14(19-15)17-10-8-13-6-4-12(2)5-7-13/h9,11-13H,3-8,10H2,1-2H3,(H2,16,17,18,19).